The Labute approximate surface area is 168 Å². The highest BCUT2D eigenvalue weighted by molar-refractivity contribution is 7.98. The fourth-order valence-electron chi connectivity index (χ4n) is 3.65. The van der Waals surface area contributed by atoms with Gasteiger partial charge in [0.05, 0.1) is 6.61 Å². The first-order valence-corrected chi connectivity index (χ1v) is 10.7. The third kappa shape index (κ3) is 3.54. The number of hydrogen-bond acceptors (Lipinski definition) is 8. The average Bonchev–Trinajstić information content (AvgIpc) is 3.08. The normalized spacial score (nSPS) is 14.8. The van der Waals surface area contributed by atoms with Crippen LogP contribution in [0.4, 0.5) is 5.82 Å². The molecule has 3 rings (SSSR count). The lowest BCUT2D eigenvalue weighted by Crippen LogP contribution is -2.41. The number of hydrogen-bond donors (Lipinski definition) is 0. The van der Waals surface area contributed by atoms with E-state index in [-0.39, 0.29) is 18.3 Å². The minimum atomic E-state index is -0.484. The molecule has 0 atom stereocenters. The Morgan fingerprint density at radius 3 is 2.71 bits per heavy atom. The van der Waals surface area contributed by atoms with E-state index >= 15 is 0 Å². The number of fused-ring (bicyclic) bond motifs is 1. The van der Waals surface area contributed by atoms with Crippen LogP contribution in [-0.4, -0.2) is 59.2 Å². The van der Waals surface area contributed by atoms with Crippen molar-refractivity contribution in [3.05, 3.63) is 16.8 Å². The molecule has 0 aromatic carbocycles. The van der Waals surface area contributed by atoms with E-state index in [4.69, 9.17) is 9.47 Å². The van der Waals surface area contributed by atoms with Gasteiger partial charge in [0.25, 0.3) is 0 Å². The summed E-state index contributed by atoms with van der Waals surface area (Å²) in [6, 6.07) is 2.46. The van der Waals surface area contributed by atoms with Gasteiger partial charge in [0.15, 0.2) is 11.3 Å². The number of esters is 1. The fourth-order valence-corrected chi connectivity index (χ4v) is 4.15. The number of thioether (sulfide) groups is 1. The smallest absolute Gasteiger partial charge is 0.357 e. The van der Waals surface area contributed by atoms with E-state index in [9.17, 15) is 10.1 Å². The standard InChI is InChI=1S/C19H25N5O3S/c1-5-23(13-7-9-26-10-8-13)18-12(3)15(19(25)27-6-2)21-16-14(11-20)17(28-4)22-24(16)18/h13H,5-10H2,1-4H3. The van der Waals surface area contributed by atoms with E-state index in [1.54, 1.807) is 11.4 Å². The quantitative estimate of drug-likeness (QED) is 0.537. The lowest BCUT2D eigenvalue weighted by molar-refractivity contribution is 0.0518. The summed E-state index contributed by atoms with van der Waals surface area (Å²) in [6.07, 6.45) is 3.67. The van der Waals surface area contributed by atoms with E-state index in [1.165, 1.54) is 11.8 Å². The minimum Gasteiger partial charge on any atom is -0.461 e. The van der Waals surface area contributed by atoms with Gasteiger partial charge in [-0.3, -0.25) is 0 Å². The van der Waals surface area contributed by atoms with E-state index in [2.05, 4.69) is 28.0 Å². The molecular formula is C19H25N5O3S. The van der Waals surface area contributed by atoms with Crippen LogP contribution in [-0.2, 0) is 9.47 Å². The summed E-state index contributed by atoms with van der Waals surface area (Å²) >= 11 is 1.39. The van der Waals surface area contributed by atoms with Crippen LogP contribution in [0.25, 0.3) is 5.65 Å². The van der Waals surface area contributed by atoms with Crippen LogP contribution < -0.4 is 4.90 Å². The molecule has 0 N–H and O–H groups in total. The lowest BCUT2D eigenvalue weighted by Gasteiger charge is -2.36. The van der Waals surface area contributed by atoms with Crippen LogP contribution in [0.2, 0.25) is 0 Å². The van der Waals surface area contributed by atoms with Crippen LogP contribution in [0.1, 0.15) is 48.3 Å². The number of rotatable bonds is 6. The van der Waals surface area contributed by atoms with Crippen molar-refractivity contribution < 1.29 is 14.3 Å². The molecule has 0 aliphatic carbocycles. The van der Waals surface area contributed by atoms with Gasteiger partial charge >= 0.3 is 5.97 Å². The summed E-state index contributed by atoms with van der Waals surface area (Å²) in [7, 11) is 0. The van der Waals surface area contributed by atoms with Crippen LogP contribution >= 0.6 is 11.8 Å². The molecule has 9 heteroatoms. The summed E-state index contributed by atoms with van der Waals surface area (Å²) in [6.45, 7) is 8.12. The highest BCUT2D eigenvalue weighted by Crippen LogP contribution is 2.32. The fraction of sp³-hybridized carbons (Fsp3) is 0.579. The van der Waals surface area contributed by atoms with Gasteiger partial charge in [0, 0.05) is 31.4 Å². The summed E-state index contributed by atoms with van der Waals surface area (Å²) in [5.41, 5.74) is 1.71. The van der Waals surface area contributed by atoms with Gasteiger partial charge in [0.2, 0.25) is 0 Å². The largest absolute Gasteiger partial charge is 0.461 e. The van der Waals surface area contributed by atoms with Gasteiger partial charge in [-0.15, -0.1) is 11.8 Å². The summed E-state index contributed by atoms with van der Waals surface area (Å²) in [5.74, 6) is 0.307. The number of nitriles is 1. The molecule has 150 valence electrons. The molecule has 8 nitrogen and oxygen atoms in total. The molecule has 1 aliphatic heterocycles. The van der Waals surface area contributed by atoms with Crippen molar-refractivity contribution in [3.63, 3.8) is 0 Å². The van der Waals surface area contributed by atoms with Crippen molar-refractivity contribution in [3.8, 4) is 6.07 Å². The second kappa shape index (κ2) is 8.80. The van der Waals surface area contributed by atoms with E-state index < -0.39 is 5.97 Å². The number of anilines is 1. The Morgan fingerprint density at radius 2 is 2.14 bits per heavy atom. The molecule has 1 saturated heterocycles. The summed E-state index contributed by atoms with van der Waals surface area (Å²) in [5, 5.41) is 14.9. The molecule has 2 aromatic heterocycles. The van der Waals surface area contributed by atoms with Crippen molar-refractivity contribution >= 4 is 29.2 Å². The molecule has 0 spiro atoms. The maximum absolute atomic E-state index is 12.6. The molecule has 0 saturated carbocycles. The first kappa shape index (κ1) is 20.4. The van der Waals surface area contributed by atoms with Gasteiger partial charge in [-0.1, -0.05) is 0 Å². The Morgan fingerprint density at radius 1 is 1.43 bits per heavy atom. The Hall–Kier alpha value is -2.31. The molecule has 0 unspecified atom stereocenters. The SMILES string of the molecule is CCOC(=O)c1nc2c(C#N)c(SC)nn2c(N(CC)C2CCOCC2)c1C. The molecule has 0 radical (unpaired) electrons. The third-order valence-electron chi connectivity index (χ3n) is 4.96. The zero-order valence-electron chi connectivity index (χ0n) is 16.7. The zero-order chi connectivity index (χ0) is 20.3. The molecule has 28 heavy (non-hydrogen) atoms. The number of aromatic nitrogens is 3. The first-order valence-electron chi connectivity index (χ1n) is 9.46. The van der Waals surface area contributed by atoms with Crippen LogP contribution in [0, 0.1) is 18.3 Å². The number of ether oxygens (including phenoxy) is 2. The highest BCUT2D eigenvalue weighted by Gasteiger charge is 2.29. The first-order chi connectivity index (χ1) is 13.6. The molecular weight excluding hydrogens is 378 g/mol. The van der Waals surface area contributed by atoms with Gasteiger partial charge < -0.3 is 14.4 Å². The molecule has 2 aromatic rings. The van der Waals surface area contributed by atoms with Crippen molar-refractivity contribution in [1.29, 1.82) is 5.26 Å². The molecule has 1 aliphatic rings. The highest BCUT2D eigenvalue weighted by atomic mass is 32.2. The summed E-state index contributed by atoms with van der Waals surface area (Å²) < 4.78 is 12.4. The van der Waals surface area contributed by atoms with Crippen LogP contribution in [0.3, 0.4) is 0 Å². The van der Waals surface area contributed by atoms with Crippen molar-refractivity contribution in [2.24, 2.45) is 0 Å². The Bertz CT molecular complexity index is 915. The van der Waals surface area contributed by atoms with Gasteiger partial charge in [0.1, 0.15) is 22.5 Å². The minimum absolute atomic E-state index is 0.235. The maximum Gasteiger partial charge on any atom is 0.357 e. The zero-order valence-corrected chi connectivity index (χ0v) is 17.5. The maximum atomic E-state index is 12.6. The van der Waals surface area contributed by atoms with Crippen molar-refractivity contribution in [2.45, 2.75) is 44.7 Å². The van der Waals surface area contributed by atoms with E-state index in [1.807, 2.05) is 13.2 Å². The van der Waals surface area contributed by atoms with E-state index in [0.29, 0.717) is 35.0 Å². The monoisotopic (exact) mass is 403 g/mol. The predicted molar refractivity (Wildman–Crippen MR) is 107 cm³/mol. The number of carbonyl (C=O) groups excluding carboxylic acids is 1. The molecule has 0 amide bonds. The van der Waals surface area contributed by atoms with Gasteiger partial charge in [-0.2, -0.15) is 14.9 Å². The molecule has 0 bridgehead atoms. The Balaban J connectivity index is 2.28. The Kier molecular flexibility index (Phi) is 6.42. The number of carbonyl (C=O) groups is 1. The van der Waals surface area contributed by atoms with Crippen molar-refractivity contribution in [2.75, 3.05) is 37.5 Å². The van der Waals surface area contributed by atoms with Gasteiger partial charge in [-0.25, -0.2) is 9.78 Å². The summed E-state index contributed by atoms with van der Waals surface area (Å²) in [4.78, 5) is 19.3. The second-order valence-corrected chi connectivity index (χ2v) is 7.29. The second-order valence-electron chi connectivity index (χ2n) is 6.49. The molecule has 3 heterocycles. The third-order valence-corrected chi connectivity index (χ3v) is 5.63. The van der Waals surface area contributed by atoms with Gasteiger partial charge in [-0.05, 0) is 39.9 Å². The van der Waals surface area contributed by atoms with Crippen LogP contribution in [0.15, 0.2) is 5.03 Å². The molecule has 1 fully saturated rings. The predicted octanol–water partition coefficient (Wildman–Crippen LogP) is 2.81. The van der Waals surface area contributed by atoms with Crippen molar-refractivity contribution in [1.82, 2.24) is 14.6 Å². The topological polar surface area (TPSA) is 92.8 Å². The average molecular weight is 404 g/mol. The lowest BCUT2D eigenvalue weighted by atomic mass is 10.1. The number of nitrogens with zero attached hydrogens (tertiary/aromatic N) is 5. The van der Waals surface area contributed by atoms with E-state index in [0.717, 1.165) is 25.2 Å². The van der Waals surface area contributed by atoms with Crippen LogP contribution in [0.5, 0.6) is 0 Å².